The molecule has 0 aliphatic heterocycles. The van der Waals surface area contributed by atoms with Crippen molar-refractivity contribution in [3.05, 3.63) is 84.7 Å². The van der Waals surface area contributed by atoms with Crippen molar-refractivity contribution in [1.29, 1.82) is 0 Å². The Kier molecular flexibility index (Phi) is 8.61. The molecule has 1 aliphatic rings. The van der Waals surface area contributed by atoms with E-state index >= 15 is 0 Å². The van der Waals surface area contributed by atoms with Gasteiger partial charge in [-0.1, -0.05) is 0 Å². The first-order valence-corrected chi connectivity index (χ1v) is 13.9. The summed E-state index contributed by atoms with van der Waals surface area (Å²) in [4.78, 5) is 35.1. The van der Waals surface area contributed by atoms with Gasteiger partial charge in [-0.2, -0.15) is 0 Å². The van der Waals surface area contributed by atoms with Crippen LogP contribution in [0, 0.1) is 0 Å². The summed E-state index contributed by atoms with van der Waals surface area (Å²) in [6.45, 7) is 0.778. The Hall–Kier alpha value is -4.67. The number of rotatable bonds is 11. The van der Waals surface area contributed by atoms with Crippen molar-refractivity contribution in [1.82, 2.24) is 9.97 Å². The number of carbonyl (C=O) groups is 2. The fourth-order valence-corrected chi connectivity index (χ4v) is 4.62. The van der Waals surface area contributed by atoms with E-state index in [1.165, 1.54) is 24.6 Å². The van der Waals surface area contributed by atoms with Crippen LogP contribution in [-0.4, -0.2) is 55.2 Å². The Labute approximate surface area is 241 Å². The normalized spacial score (nSPS) is 12.8. The lowest BCUT2D eigenvalue weighted by Crippen LogP contribution is -2.09. The smallest absolute Gasteiger partial charge is 0.186 e. The summed E-state index contributed by atoms with van der Waals surface area (Å²) < 4.78 is 22.5. The van der Waals surface area contributed by atoms with Crippen LogP contribution in [0.15, 0.2) is 84.0 Å². The van der Waals surface area contributed by atoms with E-state index in [0.29, 0.717) is 64.2 Å². The molecule has 1 N–H and O–H groups in total. The predicted octanol–water partition coefficient (Wildman–Crippen LogP) is 6.01. The summed E-state index contributed by atoms with van der Waals surface area (Å²) in [7, 11) is 3.16. The Balaban J connectivity index is 1.54. The first kappa shape index (κ1) is 27.9. The van der Waals surface area contributed by atoms with Gasteiger partial charge in [0, 0.05) is 40.3 Å². The summed E-state index contributed by atoms with van der Waals surface area (Å²) >= 11 is 1.64. The van der Waals surface area contributed by atoms with Gasteiger partial charge < -0.3 is 24.3 Å². The topological polar surface area (TPSA) is 109 Å². The molecule has 0 amide bonds. The van der Waals surface area contributed by atoms with E-state index in [1.54, 1.807) is 56.3 Å². The average Bonchev–Trinajstić information content (AvgIpc) is 2.99. The Morgan fingerprint density at radius 2 is 1.68 bits per heavy atom. The zero-order valence-electron chi connectivity index (χ0n) is 22.7. The number of anilines is 2. The van der Waals surface area contributed by atoms with Crippen LogP contribution in [0.4, 0.5) is 11.5 Å². The maximum absolute atomic E-state index is 12.9. The third-order valence-electron chi connectivity index (χ3n) is 6.25. The number of ketones is 2. The molecule has 0 radical (unpaired) electrons. The summed E-state index contributed by atoms with van der Waals surface area (Å²) in [6, 6.07) is 16.5. The standard InChI is InChI=1S/C31H27N3O6S/c1-37-12-13-39-30-17-27-25(16-29(30)38-2)31(33-18-32-27)34-26-10-7-21(40-20-5-8-22(41-3)9-6-20)15-23(26)24-14-19(35)4-11-28(24)36/h4-11,14-18H,12-13H2,1-3H3,(H,32,33,34). The molecule has 0 fully saturated rings. The van der Waals surface area contributed by atoms with Crippen molar-refractivity contribution in [2.24, 2.45) is 0 Å². The Morgan fingerprint density at radius 1 is 0.878 bits per heavy atom. The molecular formula is C31H27N3O6S. The summed E-state index contributed by atoms with van der Waals surface area (Å²) in [5.74, 6) is 2.09. The van der Waals surface area contributed by atoms with Crippen LogP contribution >= 0.6 is 11.8 Å². The molecule has 10 heteroatoms. The molecule has 9 nitrogen and oxygen atoms in total. The number of hydrogen-bond donors (Lipinski definition) is 1. The molecule has 1 heterocycles. The third-order valence-corrected chi connectivity index (χ3v) is 6.99. The van der Waals surface area contributed by atoms with E-state index in [1.807, 2.05) is 30.5 Å². The Morgan fingerprint density at radius 3 is 2.44 bits per heavy atom. The van der Waals surface area contributed by atoms with E-state index in [4.69, 9.17) is 18.9 Å². The minimum Gasteiger partial charge on any atom is -0.493 e. The number of ether oxygens (including phenoxy) is 4. The van der Waals surface area contributed by atoms with Gasteiger partial charge in [-0.3, -0.25) is 9.59 Å². The van der Waals surface area contributed by atoms with Crippen molar-refractivity contribution in [3.8, 4) is 23.0 Å². The minimum atomic E-state index is -0.291. The fourth-order valence-electron chi connectivity index (χ4n) is 4.22. The van der Waals surface area contributed by atoms with Crippen molar-refractivity contribution < 1.29 is 28.5 Å². The fraction of sp³-hybridized carbons (Fsp3) is 0.161. The molecule has 208 valence electrons. The molecule has 0 atom stereocenters. The second-order valence-corrected chi connectivity index (χ2v) is 9.73. The summed E-state index contributed by atoms with van der Waals surface area (Å²) in [6.07, 6.45) is 7.29. The molecule has 0 saturated heterocycles. The van der Waals surface area contributed by atoms with Gasteiger partial charge in [0.2, 0.25) is 0 Å². The van der Waals surface area contributed by atoms with Gasteiger partial charge in [0.25, 0.3) is 0 Å². The van der Waals surface area contributed by atoms with Gasteiger partial charge in [-0.25, -0.2) is 9.97 Å². The zero-order chi connectivity index (χ0) is 28.8. The number of hydrogen-bond acceptors (Lipinski definition) is 10. The lowest BCUT2D eigenvalue weighted by atomic mass is 9.94. The van der Waals surface area contributed by atoms with Gasteiger partial charge in [0.1, 0.15) is 30.3 Å². The van der Waals surface area contributed by atoms with E-state index in [0.717, 1.165) is 4.90 Å². The summed E-state index contributed by atoms with van der Waals surface area (Å²) in [5, 5.41) is 3.99. The lowest BCUT2D eigenvalue weighted by molar-refractivity contribution is -0.113. The number of allylic oxidation sites excluding steroid dienone is 4. The first-order chi connectivity index (χ1) is 20.0. The minimum absolute atomic E-state index is 0.243. The molecule has 4 aromatic rings. The summed E-state index contributed by atoms with van der Waals surface area (Å²) in [5.41, 5.74) is 1.91. The second kappa shape index (κ2) is 12.7. The number of fused-ring (bicyclic) bond motifs is 1. The quantitative estimate of drug-likeness (QED) is 0.131. The van der Waals surface area contributed by atoms with Crippen LogP contribution in [0.3, 0.4) is 0 Å². The highest BCUT2D eigenvalue weighted by molar-refractivity contribution is 7.98. The van der Waals surface area contributed by atoms with Crippen LogP contribution in [0.1, 0.15) is 5.56 Å². The number of carbonyl (C=O) groups excluding carboxylic acids is 2. The van der Waals surface area contributed by atoms with E-state index in [-0.39, 0.29) is 17.1 Å². The van der Waals surface area contributed by atoms with E-state index in [9.17, 15) is 9.59 Å². The van der Waals surface area contributed by atoms with Crippen LogP contribution in [0.25, 0.3) is 16.5 Å². The molecule has 0 unspecified atom stereocenters. The predicted molar refractivity (Wildman–Crippen MR) is 159 cm³/mol. The lowest BCUT2D eigenvalue weighted by Gasteiger charge is -2.17. The van der Waals surface area contributed by atoms with Crippen molar-refractivity contribution in [3.63, 3.8) is 0 Å². The highest BCUT2D eigenvalue weighted by Gasteiger charge is 2.21. The molecule has 1 aliphatic carbocycles. The van der Waals surface area contributed by atoms with Gasteiger partial charge in [-0.05, 0) is 73.0 Å². The van der Waals surface area contributed by atoms with Gasteiger partial charge in [-0.15, -0.1) is 11.8 Å². The maximum Gasteiger partial charge on any atom is 0.186 e. The maximum atomic E-state index is 12.9. The molecule has 5 rings (SSSR count). The van der Waals surface area contributed by atoms with Crippen LogP contribution < -0.4 is 19.5 Å². The molecule has 3 aromatic carbocycles. The van der Waals surface area contributed by atoms with E-state index < -0.39 is 0 Å². The van der Waals surface area contributed by atoms with Crippen LogP contribution in [-0.2, 0) is 14.3 Å². The van der Waals surface area contributed by atoms with Crippen LogP contribution in [0.5, 0.6) is 23.0 Å². The second-order valence-electron chi connectivity index (χ2n) is 8.85. The molecular weight excluding hydrogens is 542 g/mol. The van der Waals surface area contributed by atoms with Gasteiger partial charge >= 0.3 is 0 Å². The monoisotopic (exact) mass is 569 g/mol. The van der Waals surface area contributed by atoms with Gasteiger partial charge in [0.05, 0.1) is 19.2 Å². The van der Waals surface area contributed by atoms with Crippen molar-refractivity contribution in [2.45, 2.75) is 4.90 Å². The molecule has 0 spiro atoms. The highest BCUT2D eigenvalue weighted by atomic mass is 32.2. The SMILES string of the molecule is COCCOc1cc2ncnc(Nc3ccc(Oc4ccc(SC)cc4)cc3C3=CC(=O)C=CC3=O)c2cc1OC. The highest BCUT2D eigenvalue weighted by Crippen LogP contribution is 2.38. The number of nitrogens with zero attached hydrogens (tertiary/aromatic N) is 2. The number of aromatic nitrogens is 2. The molecule has 0 saturated carbocycles. The van der Waals surface area contributed by atoms with Crippen molar-refractivity contribution >= 4 is 51.3 Å². The Bertz CT molecular complexity index is 1670. The molecule has 1 aromatic heterocycles. The van der Waals surface area contributed by atoms with Gasteiger partial charge in [0.15, 0.2) is 23.1 Å². The van der Waals surface area contributed by atoms with Crippen LogP contribution in [0.2, 0.25) is 0 Å². The number of thioether (sulfide) groups is 1. The van der Waals surface area contributed by atoms with E-state index in [2.05, 4.69) is 15.3 Å². The number of methoxy groups -OCH3 is 2. The first-order valence-electron chi connectivity index (χ1n) is 12.6. The molecule has 41 heavy (non-hydrogen) atoms. The zero-order valence-corrected chi connectivity index (χ0v) is 23.5. The van der Waals surface area contributed by atoms with Crippen molar-refractivity contribution in [2.75, 3.05) is 39.0 Å². The third kappa shape index (κ3) is 6.40. The molecule has 0 bridgehead atoms. The number of nitrogens with one attached hydrogen (secondary N) is 1. The number of benzene rings is 3. The average molecular weight is 570 g/mol. The largest absolute Gasteiger partial charge is 0.493 e.